The summed E-state index contributed by atoms with van der Waals surface area (Å²) < 4.78 is 0. The molecular formula is C19H22N6O2S. The van der Waals surface area contributed by atoms with Crippen molar-refractivity contribution >= 4 is 33.4 Å². The zero-order chi connectivity index (χ0) is 19.8. The van der Waals surface area contributed by atoms with Crippen molar-refractivity contribution in [2.75, 3.05) is 12.3 Å². The first-order valence-corrected chi connectivity index (χ1v) is 10.2. The fourth-order valence-electron chi connectivity index (χ4n) is 3.60. The number of nitrogens with zero attached hydrogens (tertiary/aromatic N) is 3. The number of fused-ring (bicyclic) bond motifs is 2. The Morgan fingerprint density at radius 1 is 1.21 bits per heavy atom. The number of carbonyl (C=O) groups is 1. The fourth-order valence-corrected chi connectivity index (χ4v) is 4.65. The number of carbonyl (C=O) groups excluding carboxylic acids is 1. The Hall–Kier alpha value is -2.81. The molecule has 0 atom stereocenters. The Balaban J connectivity index is 1.49. The predicted octanol–water partition coefficient (Wildman–Crippen LogP) is 1.82. The lowest BCUT2D eigenvalue weighted by molar-refractivity contribution is 0.0947. The van der Waals surface area contributed by atoms with Crippen molar-refractivity contribution in [3.05, 3.63) is 43.6 Å². The lowest BCUT2D eigenvalue weighted by atomic mass is 9.94. The van der Waals surface area contributed by atoms with Crippen LogP contribution in [0, 0.1) is 13.8 Å². The number of nitrogens with one attached hydrogen (secondary N) is 2. The van der Waals surface area contributed by atoms with Crippen molar-refractivity contribution in [1.82, 2.24) is 25.3 Å². The number of aromatic nitrogens is 4. The van der Waals surface area contributed by atoms with E-state index in [4.69, 9.17) is 5.73 Å². The summed E-state index contributed by atoms with van der Waals surface area (Å²) >= 11 is 1.51. The van der Waals surface area contributed by atoms with E-state index in [0.717, 1.165) is 52.2 Å². The minimum absolute atomic E-state index is 0.130. The maximum atomic E-state index is 12.6. The Morgan fingerprint density at radius 3 is 2.82 bits per heavy atom. The molecule has 9 heteroatoms. The molecule has 3 aromatic rings. The third-order valence-electron chi connectivity index (χ3n) is 5.15. The first-order chi connectivity index (χ1) is 13.4. The molecule has 0 radical (unpaired) electrons. The van der Waals surface area contributed by atoms with Gasteiger partial charge in [0.15, 0.2) is 0 Å². The number of H-pyrrole nitrogens is 1. The summed E-state index contributed by atoms with van der Waals surface area (Å²) in [5, 5.41) is 3.52. The molecular weight excluding hydrogens is 376 g/mol. The van der Waals surface area contributed by atoms with E-state index in [9.17, 15) is 9.59 Å². The molecule has 0 saturated heterocycles. The van der Waals surface area contributed by atoms with Crippen LogP contribution >= 0.6 is 11.3 Å². The second-order valence-corrected chi connectivity index (χ2v) is 8.25. The Kier molecular flexibility index (Phi) is 4.84. The van der Waals surface area contributed by atoms with E-state index in [1.54, 1.807) is 0 Å². The molecule has 0 unspecified atom stereocenters. The molecule has 4 N–H and O–H groups in total. The van der Waals surface area contributed by atoms with Crippen LogP contribution in [0.3, 0.4) is 0 Å². The molecule has 0 spiro atoms. The first-order valence-electron chi connectivity index (χ1n) is 9.36. The van der Waals surface area contributed by atoms with Gasteiger partial charge in [-0.15, -0.1) is 11.3 Å². The van der Waals surface area contributed by atoms with Crippen LogP contribution in [-0.2, 0) is 19.3 Å². The van der Waals surface area contributed by atoms with Gasteiger partial charge in [0, 0.05) is 29.1 Å². The van der Waals surface area contributed by atoms with Gasteiger partial charge >= 0.3 is 0 Å². The van der Waals surface area contributed by atoms with Gasteiger partial charge in [-0.25, -0.2) is 15.0 Å². The topological polar surface area (TPSA) is 127 Å². The summed E-state index contributed by atoms with van der Waals surface area (Å²) in [5.74, 6) is 0.424. The monoisotopic (exact) mass is 398 g/mol. The van der Waals surface area contributed by atoms with Crippen LogP contribution < -0.4 is 16.6 Å². The summed E-state index contributed by atoms with van der Waals surface area (Å²) in [6, 6.07) is 0. The van der Waals surface area contributed by atoms with Crippen LogP contribution in [0.4, 0.5) is 5.95 Å². The molecule has 4 rings (SSSR count). The van der Waals surface area contributed by atoms with Gasteiger partial charge in [0.05, 0.1) is 5.39 Å². The number of hydrogen-bond acceptors (Lipinski definition) is 7. The fraction of sp³-hybridized carbons (Fsp3) is 0.421. The van der Waals surface area contributed by atoms with E-state index >= 15 is 0 Å². The van der Waals surface area contributed by atoms with Crippen LogP contribution in [0.25, 0.3) is 10.2 Å². The smallest absolute Gasteiger partial charge is 0.270 e. The van der Waals surface area contributed by atoms with Crippen molar-refractivity contribution in [3.63, 3.8) is 0 Å². The summed E-state index contributed by atoms with van der Waals surface area (Å²) in [7, 11) is 0. The Bertz CT molecular complexity index is 1130. The summed E-state index contributed by atoms with van der Waals surface area (Å²) in [5.41, 5.74) is 8.75. The molecule has 1 aliphatic carbocycles. The van der Waals surface area contributed by atoms with E-state index < -0.39 is 0 Å². The molecule has 0 aromatic carbocycles. The van der Waals surface area contributed by atoms with Gasteiger partial charge < -0.3 is 16.0 Å². The minimum Gasteiger partial charge on any atom is -0.368 e. The number of anilines is 1. The van der Waals surface area contributed by atoms with Gasteiger partial charge in [-0.2, -0.15) is 0 Å². The van der Waals surface area contributed by atoms with Crippen molar-refractivity contribution in [1.29, 1.82) is 0 Å². The maximum absolute atomic E-state index is 12.6. The van der Waals surface area contributed by atoms with Crippen molar-refractivity contribution < 1.29 is 4.79 Å². The average molecular weight is 398 g/mol. The highest BCUT2D eigenvalue weighted by Gasteiger charge is 2.21. The molecule has 0 saturated carbocycles. The lowest BCUT2D eigenvalue weighted by Gasteiger charge is -2.17. The van der Waals surface area contributed by atoms with E-state index in [0.29, 0.717) is 29.9 Å². The highest BCUT2D eigenvalue weighted by Crippen LogP contribution is 2.26. The predicted molar refractivity (Wildman–Crippen MR) is 109 cm³/mol. The highest BCUT2D eigenvalue weighted by atomic mass is 32.1. The van der Waals surface area contributed by atoms with Crippen LogP contribution in [0.2, 0.25) is 0 Å². The minimum atomic E-state index is -0.265. The van der Waals surface area contributed by atoms with E-state index in [1.807, 2.05) is 13.8 Å². The molecule has 0 fully saturated rings. The lowest BCUT2D eigenvalue weighted by Crippen LogP contribution is -2.30. The Morgan fingerprint density at radius 2 is 2.00 bits per heavy atom. The van der Waals surface area contributed by atoms with Gasteiger partial charge in [0.25, 0.3) is 11.5 Å². The number of amides is 1. The zero-order valence-corrected chi connectivity index (χ0v) is 16.7. The van der Waals surface area contributed by atoms with E-state index in [2.05, 4.69) is 25.3 Å². The average Bonchev–Trinajstić information content (AvgIpc) is 2.95. The first kappa shape index (κ1) is 18.5. The molecule has 1 amide bonds. The van der Waals surface area contributed by atoms with Crippen molar-refractivity contribution in [3.8, 4) is 0 Å². The van der Waals surface area contributed by atoms with Crippen LogP contribution in [-0.4, -0.2) is 32.4 Å². The molecule has 1 aliphatic rings. The van der Waals surface area contributed by atoms with Gasteiger partial charge in [0.1, 0.15) is 16.3 Å². The van der Waals surface area contributed by atoms with Gasteiger partial charge in [-0.1, -0.05) is 0 Å². The molecule has 3 heterocycles. The largest absolute Gasteiger partial charge is 0.368 e. The summed E-state index contributed by atoms with van der Waals surface area (Å²) in [6.45, 7) is 4.25. The second kappa shape index (κ2) is 7.31. The number of nitrogens with two attached hydrogens (primary N) is 1. The van der Waals surface area contributed by atoms with Gasteiger partial charge in [-0.3, -0.25) is 9.59 Å². The zero-order valence-electron chi connectivity index (χ0n) is 15.9. The highest BCUT2D eigenvalue weighted by molar-refractivity contribution is 7.18. The molecule has 0 aliphatic heterocycles. The van der Waals surface area contributed by atoms with E-state index in [-0.39, 0.29) is 17.4 Å². The SMILES string of the molecule is Cc1sc2nc(CCNC(=O)c3nc(N)nc4c3CCCC4)[nH]c(=O)c2c1C. The molecule has 8 nitrogen and oxygen atoms in total. The number of hydrogen-bond donors (Lipinski definition) is 3. The third-order valence-corrected chi connectivity index (χ3v) is 6.25. The standard InChI is InChI=1S/C19H22N6O2S/c1-9-10(2)28-18-14(9)16(26)23-13(24-18)7-8-21-17(27)15-11-5-3-4-6-12(11)22-19(20)25-15/h3-8H2,1-2H3,(H,21,27)(H2,20,22,25)(H,23,24,26). The van der Waals surface area contributed by atoms with Gasteiger partial charge in [-0.05, 0) is 45.1 Å². The van der Waals surface area contributed by atoms with Crippen LogP contribution in [0.1, 0.15) is 50.9 Å². The van der Waals surface area contributed by atoms with Crippen LogP contribution in [0.5, 0.6) is 0 Å². The Labute approximate surface area is 165 Å². The number of aryl methyl sites for hydroxylation is 3. The number of nitrogen functional groups attached to an aromatic ring is 1. The second-order valence-electron chi connectivity index (χ2n) is 7.04. The third kappa shape index (κ3) is 3.37. The summed E-state index contributed by atoms with van der Waals surface area (Å²) in [4.78, 5) is 42.6. The molecule has 28 heavy (non-hydrogen) atoms. The molecule has 3 aromatic heterocycles. The van der Waals surface area contributed by atoms with E-state index in [1.165, 1.54) is 11.3 Å². The number of rotatable bonds is 4. The number of aromatic amines is 1. The molecule has 146 valence electrons. The van der Waals surface area contributed by atoms with Gasteiger partial charge in [0.2, 0.25) is 5.95 Å². The molecule has 0 bridgehead atoms. The number of thiophene rings is 1. The van der Waals surface area contributed by atoms with Crippen LogP contribution in [0.15, 0.2) is 4.79 Å². The summed E-state index contributed by atoms with van der Waals surface area (Å²) in [6.07, 6.45) is 4.11. The van der Waals surface area contributed by atoms with Crippen molar-refractivity contribution in [2.24, 2.45) is 0 Å². The maximum Gasteiger partial charge on any atom is 0.270 e. The van der Waals surface area contributed by atoms with Crippen molar-refractivity contribution in [2.45, 2.75) is 46.0 Å². The normalized spacial score (nSPS) is 13.5. The quantitative estimate of drug-likeness (QED) is 0.615.